The molecule has 1 amide bonds. The van der Waals surface area contributed by atoms with Crippen LogP contribution in [0.1, 0.15) is 0 Å². The van der Waals surface area contributed by atoms with E-state index in [1.54, 1.807) is 17.8 Å². The Morgan fingerprint density at radius 1 is 1.38 bits per heavy atom. The van der Waals surface area contributed by atoms with Crippen molar-refractivity contribution in [3.8, 4) is 11.3 Å². The molecular weight excluding hydrogens is 354 g/mol. The third kappa shape index (κ3) is 3.80. The molecule has 0 aliphatic carbocycles. The van der Waals surface area contributed by atoms with Gasteiger partial charge in [-0.15, -0.1) is 11.3 Å². The van der Waals surface area contributed by atoms with Gasteiger partial charge in [-0.3, -0.25) is 4.79 Å². The maximum absolute atomic E-state index is 13.3. The second-order valence-electron chi connectivity index (χ2n) is 4.82. The number of amides is 1. The fourth-order valence-electron chi connectivity index (χ4n) is 1.90. The SMILES string of the molecule is Cn1ccnc1SCC(=O)Nc1nc(-c2ccc(F)c(F)c2)cs1. The van der Waals surface area contributed by atoms with Crippen LogP contribution in [0.25, 0.3) is 11.3 Å². The lowest BCUT2D eigenvalue weighted by atomic mass is 10.2. The Kier molecular flexibility index (Phi) is 4.91. The van der Waals surface area contributed by atoms with Crippen molar-refractivity contribution < 1.29 is 13.6 Å². The van der Waals surface area contributed by atoms with E-state index in [1.807, 2.05) is 11.6 Å². The highest BCUT2D eigenvalue weighted by Gasteiger charge is 2.11. The predicted molar refractivity (Wildman–Crippen MR) is 90.0 cm³/mol. The molecule has 0 saturated heterocycles. The van der Waals surface area contributed by atoms with Crippen molar-refractivity contribution in [1.29, 1.82) is 0 Å². The number of imidazole rings is 1. The summed E-state index contributed by atoms with van der Waals surface area (Å²) >= 11 is 2.53. The number of thiazole rings is 1. The van der Waals surface area contributed by atoms with Crippen LogP contribution in [-0.4, -0.2) is 26.2 Å². The summed E-state index contributed by atoms with van der Waals surface area (Å²) in [6.07, 6.45) is 3.46. The molecule has 0 radical (unpaired) electrons. The number of aryl methyl sites for hydroxylation is 1. The average molecular weight is 366 g/mol. The number of carbonyl (C=O) groups excluding carboxylic acids is 1. The number of hydrogen-bond acceptors (Lipinski definition) is 5. The average Bonchev–Trinajstić information content (AvgIpc) is 3.17. The summed E-state index contributed by atoms with van der Waals surface area (Å²) in [4.78, 5) is 20.3. The number of anilines is 1. The molecule has 0 fully saturated rings. The lowest BCUT2D eigenvalue weighted by Gasteiger charge is -2.02. The molecule has 0 aliphatic heterocycles. The van der Waals surface area contributed by atoms with E-state index >= 15 is 0 Å². The van der Waals surface area contributed by atoms with Gasteiger partial charge in [0.25, 0.3) is 0 Å². The highest BCUT2D eigenvalue weighted by atomic mass is 32.2. The Morgan fingerprint density at radius 2 is 2.21 bits per heavy atom. The standard InChI is InChI=1S/C15H12F2N4OS2/c1-21-5-4-18-15(21)24-8-13(22)20-14-19-12(7-23-14)9-2-3-10(16)11(17)6-9/h2-7H,8H2,1H3,(H,19,20,22). The molecule has 3 rings (SSSR count). The first kappa shape index (κ1) is 16.6. The molecule has 0 spiro atoms. The third-order valence-electron chi connectivity index (χ3n) is 3.08. The summed E-state index contributed by atoms with van der Waals surface area (Å²) in [5.41, 5.74) is 0.930. The van der Waals surface area contributed by atoms with Crippen LogP contribution in [0.5, 0.6) is 0 Å². The summed E-state index contributed by atoms with van der Waals surface area (Å²) in [7, 11) is 1.85. The minimum Gasteiger partial charge on any atom is -0.329 e. The van der Waals surface area contributed by atoms with Gasteiger partial charge in [-0.1, -0.05) is 11.8 Å². The third-order valence-corrected chi connectivity index (χ3v) is 4.89. The Bertz CT molecular complexity index is 878. The van der Waals surface area contributed by atoms with Gasteiger partial charge >= 0.3 is 0 Å². The van der Waals surface area contributed by atoms with Gasteiger partial charge < -0.3 is 9.88 Å². The van der Waals surface area contributed by atoms with Crippen molar-refractivity contribution in [2.24, 2.45) is 7.05 Å². The smallest absolute Gasteiger partial charge is 0.236 e. The van der Waals surface area contributed by atoms with Crippen molar-refractivity contribution in [2.75, 3.05) is 11.1 Å². The van der Waals surface area contributed by atoms with Gasteiger partial charge in [0.2, 0.25) is 5.91 Å². The summed E-state index contributed by atoms with van der Waals surface area (Å²) < 4.78 is 28.1. The van der Waals surface area contributed by atoms with E-state index in [4.69, 9.17) is 0 Å². The minimum absolute atomic E-state index is 0.199. The largest absolute Gasteiger partial charge is 0.329 e. The zero-order valence-corrected chi connectivity index (χ0v) is 14.1. The number of rotatable bonds is 5. The minimum atomic E-state index is -0.933. The van der Waals surface area contributed by atoms with Crippen LogP contribution < -0.4 is 5.32 Å². The fourth-order valence-corrected chi connectivity index (χ4v) is 3.36. The maximum atomic E-state index is 13.3. The molecule has 0 aliphatic rings. The predicted octanol–water partition coefficient (Wildman–Crippen LogP) is 3.55. The summed E-state index contributed by atoms with van der Waals surface area (Å²) in [5, 5.41) is 5.50. The Hall–Kier alpha value is -2.26. The number of nitrogens with one attached hydrogen (secondary N) is 1. The van der Waals surface area contributed by atoms with Crippen LogP contribution in [-0.2, 0) is 11.8 Å². The first-order valence-corrected chi connectivity index (χ1v) is 8.70. The van der Waals surface area contributed by atoms with Crippen LogP contribution >= 0.6 is 23.1 Å². The van der Waals surface area contributed by atoms with Crippen LogP contribution in [0, 0.1) is 11.6 Å². The summed E-state index contributed by atoms with van der Waals surface area (Å²) in [5.74, 6) is -1.86. The Labute approximate surface area is 144 Å². The van der Waals surface area contributed by atoms with Crippen molar-refractivity contribution in [2.45, 2.75) is 5.16 Å². The normalized spacial score (nSPS) is 10.8. The molecule has 3 aromatic rings. The van der Waals surface area contributed by atoms with E-state index < -0.39 is 11.6 Å². The van der Waals surface area contributed by atoms with Gasteiger partial charge in [-0.2, -0.15) is 0 Å². The summed E-state index contributed by atoms with van der Waals surface area (Å²) in [6, 6.07) is 3.56. The van der Waals surface area contributed by atoms with Crippen molar-refractivity contribution in [1.82, 2.24) is 14.5 Å². The van der Waals surface area contributed by atoms with E-state index in [2.05, 4.69) is 15.3 Å². The van der Waals surface area contributed by atoms with Gasteiger partial charge in [0.15, 0.2) is 21.9 Å². The molecule has 1 aromatic carbocycles. The highest BCUT2D eigenvalue weighted by Crippen LogP contribution is 2.26. The molecule has 0 atom stereocenters. The highest BCUT2D eigenvalue weighted by molar-refractivity contribution is 7.99. The maximum Gasteiger partial charge on any atom is 0.236 e. The van der Waals surface area contributed by atoms with Gasteiger partial charge in [0.05, 0.1) is 11.4 Å². The van der Waals surface area contributed by atoms with Gasteiger partial charge in [0.1, 0.15) is 0 Å². The van der Waals surface area contributed by atoms with Crippen molar-refractivity contribution in [3.05, 3.63) is 47.6 Å². The summed E-state index contributed by atoms with van der Waals surface area (Å²) in [6.45, 7) is 0. The number of carbonyl (C=O) groups is 1. The lowest BCUT2D eigenvalue weighted by Crippen LogP contribution is -2.14. The number of halogens is 2. The van der Waals surface area contributed by atoms with E-state index in [1.165, 1.54) is 29.2 Å². The van der Waals surface area contributed by atoms with Crippen LogP contribution in [0.4, 0.5) is 13.9 Å². The van der Waals surface area contributed by atoms with Crippen LogP contribution in [0.15, 0.2) is 41.1 Å². The second kappa shape index (κ2) is 7.10. The van der Waals surface area contributed by atoms with Gasteiger partial charge in [-0.25, -0.2) is 18.7 Å². The molecule has 1 N–H and O–H groups in total. The Morgan fingerprint density at radius 3 is 2.92 bits per heavy atom. The van der Waals surface area contributed by atoms with E-state index in [-0.39, 0.29) is 11.7 Å². The molecule has 2 aromatic heterocycles. The molecule has 124 valence electrons. The zero-order chi connectivity index (χ0) is 17.1. The Balaban J connectivity index is 1.62. The van der Waals surface area contributed by atoms with Crippen LogP contribution in [0.2, 0.25) is 0 Å². The monoisotopic (exact) mass is 366 g/mol. The number of aromatic nitrogens is 3. The molecular formula is C15H12F2N4OS2. The molecule has 0 unspecified atom stereocenters. The van der Waals surface area contributed by atoms with Gasteiger partial charge in [-0.05, 0) is 18.2 Å². The molecule has 2 heterocycles. The van der Waals surface area contributed by atoms with Crippen molar-refractivity contribution in [3.63, 3.8) is 0 Å². The van der Waals surface area contributed by atoms with E-state index in [0.29, 0.717) is 16.4 Å². The topological polar surface area (TPSA) is 59.8 Å². The number of hydrogen-bond donors (Lipinski definition) is 1. The quantitative estimate of drug-likeness (QED) is 0.702. The first-order chi connectivity index (χ1) is 11.5. The van der Waals surface area contributed by atoms with Gasteiger partial charge in [0, 0.05) is 30.4 Å². The lowest BCUT2D eigenvalue weighted by molar-refractivity contribution is -0.113. The number of thioether (sulfide) groups is 1. The van der Waals surface area contributed by atoms with E-state index in [0.717, 1.165) is 17.3 Å². The van der Waals surface area contributed by atoms with Crippen LogP contribution in [0.3, 0.4) is 0 Å². The fraction of sp³-hybridized carbons (Fsp3) is 0.133. The second-order valence-corrected chi connectivity index (χ2v) is 6.62. The number of nitrogens with zero attached hydrogens (tertiary/aromatic N) is 3. The van der Waals surface area contributed by atoms with Crippen molar-refractivity contribution >= 4 is 34.1 Å². The first-order valence-electron chi connectivity index (χ1n) is 6.84. The zero-order valence-electron chi connectivity index (χ0n) is 12.5. The molecule has 9 heteroatoms. The molecule has 0 bridgehead atoms. The van der Waals surface area contributed by atoms with E-state index in [9.17, 15) is 13.6 Å². The molecule has 24 heavy (non-hydrogen) atoms. The number of benzene rings is 1. The molecule has 0 saturated carbocycles. The molecule has 5 nitrogen and oxygen atoms in total.